The zero-order valence-electron chi connectivity index (χ0n) is 16.6. The second-order valence-electron chi connectivity index (χ2n) is 7.04. The highest BCUT2D eigenvalue weighted by Gasteiger charge is 2.24. The van der Waals surface area contributed by atoms with Gasteiger partial charge in [-0.25, -0.2) is 9.59 Å². The lowest BCUT2D eigenvalue weighted by Gasteiger charge is -2.27. The van der Waals surface area contributed by atoms with Crippen LogP contribution >= 0.6 is 0 Å². The molecule has 2 aromatic rings. The fourth-order valence-corrected chi connectivity index (χ4v) is 3.35. The average molecular weight is 407 g/mol. The van der Waals surface area contributed by atoms with E-state index in [9.17, 15) is 14.4 Å². The number of esters is 1. The first-order chi connectivity index (χ1) is 14.5. The number of hydrogen-bond donors (Lipinski definition) is 2. The molecule has 30 heavy (non-hydrogen) atoms. The van der Waals surface area contributed by atoms with Crippen molar-refractivity contribution in [2.45, 2.75) is 18.9 Å². The minimum atomic E-state index is -0.955. The number of urea groups is 1. The minimum absolute atomic E-state index is 0.226. The Labute approximate surface area is 175 Å². The summed E-state index contributed by atoms with van der Waals surface area (Å²) in [4.78, 5) is 37.8. The Balaban J connectivity index is 1.53. The van der Waals surface area contributed by atoms with Gasteiger partial charge < -0.3 is 20.7 Å². The Hall–Kier alpha value is -3.61. The first-order valence-electron chi connectivity index (χ1n) is 9.81. The van der Waals surface area contributed by atoms with Gasteiger partial charge in [-0.2, -0.15) is 0 Å². The second-order valence-corrected chi connectivity index (χ2v) is 7.04. The molecule has 0 bridgehead atoms. The standard InChI is InChI=1S/C23H25N3O4/c24-23(29)25-20(15-17-7-3-1-4-8-17)22(28)30-16-21(27)26-13-11-19(12-14-26)18-9-5-2-6-10-18/h1-11,20H,12-16H2,(H3,24,25,29)/t20-/m0/s1. The molecule has 156 valence electrons. The predicted molar refractivity (Wildman–Crippen MR) is 113 cm³/mol. The lowest BCUT2D eigenvalue weighted by molar-refractivity contribution is -0.153. The molecular weight excluding hydrogens is 382 g/mol. The SMILES string of the molecule is NC(=O)N[C@@H](Cc1ccccc1)C(=O)OCC(=O)N1CC=C(c2ccccc2)CC1. The Kier molecular flexibility index (Phi) is 7.21. The summed E-state index contributed by atoms with van der Waals surface area (Å²) in [5.41, 5.74) is 8.37. The average Bonchev–Trinajstić information content (AvgIpc) is 2.78. The van der Waals surface area contributed by atoms with Crippen LogP contribution in [0.2, 0.25) is 0 Å². The van der Waals surface area contributed by atoms with Crippen LogP contribution in [0, 0.1) is 0 Å². The van der Waals surface area contributed by atoms with E-state index in [-0.39, 0.29) is 18.9 Å². The van der Waals surface area contributed by atoms with Crippen molar-refractivity contribution in [2.75, 3.05) is 19.7 Å². The number of ether oxygens (including phenoxy) is 1. The third kappa shape index (κ3) is 5.94. The number of nitrogens with one attached hydrogen (secondary N) is 1. The highest BCUT2D eigenvalue weighted by Crippen LogP contribution is 2.22. The highest BCUT2D eigenvalue weighted by molar-refractivity contribution is 5.86. The summed E-state index contributed by atoms with van der Waals surface area (Å²) in [5.74, 6) is -0.965. The molecule has 1 heterocycles. The first-order valence-corrected chi connectivity index (χ1v) is 9.81. The molecule has 1 aliphatic heterocycles. The van der Waals surface area contributed by atoms with E-state index in [0.717, 1.165) is 17.5 Å². The van der Waals surface area contributed by atoms with Crippen LogP contribution in [0.3, 0.4) is 0 Å². The lowest BCUT2D eigenvalue weighted by atomic mass is 10.00. The van der Waals surface area contributed by atoms with Gasteiger partial charge in [0.2, 0.25) is 0 Å². The maximum atomic E-state index is 12.5. The van der Waals surface area contributed by atoms with Crippen molar-refractivity contribution >= 4 is 23.5 Å². The van der Waals surface area contributed by atoms with E-state index in [2.05, 4.69) is 5.32 Å². The Bertz CT molecular complexity index is 913. The van der Waals surface area contributed by atoms with Crippen molar-refractivity contribution in [3.8, 4) is 0 Å². The number of carbonyl (C=O) groups is 3. The Morgan fingerprint density at radius 3 is 2.30 bits per heavy atom. The van der Waals surface area contributed by atoms with Crippen LogP contribution in [-0.4, -0.2) is 48.5 Å². The van der Waals surface area contributed by atoms with Gasteiger partial charge in [-0.15, -0.1) is 0 Å². The molecule has 7 heteroatoms. The molecule has 0 aliphatic carbocycles. The fourth-order valence-electron chi connectivity index (χ4n) is 3.35. The largest absolute Gasteiger partial charge is 0.454 e. The third-order valence-corrected chi connectivity index (χ3v) is 4.93. The quantitative estimate of drug-likeness (QED) is 0.687. The van der Waals surface area contributed by atoms with Crippen molar-refractivity contribution in [2.24, 2.45) is 5.73 Å². The number of primary amides is 1. The van der Waals surface area contributed by atoms with E-state index in [1.54, 1.807) is 4.90 Å². The maximum Gasteiger partial charge on any atom is 0.329 e. The van der Waals surface area contributed by atoms with Gasteiger partial charge in [0, 0.05) is 19.5 Å². The molecule has 3 N–H and O–H groups in total. The molecule has 0 radical (unpaired) electrons. The van der Waals surface area contributed by atoms with E-state index >= 15 is 0 Å². The zero-order valence-corrected chi connectivity index (χ0v) is 16.6. The van der Waals surface area contributed by atoms with Crippen LogP contribution in [0.5, 0.6) is 0 Å². The molecule has 0 aromatic heterocycles. The summed E-state index contributed by atoms with van der Waals surface area (Å²) >= 11 is 0. The van der Waals surface area contributed by atoms with E-state index in [1.807, 2.05) is 66.7 Å². The summed E-state index contributed by atoms with van der Waals surface area (Å²) in [6.45, 7) is 0.650. The molecule has 0 fully saturated rings. The van der Waals surface area contributed by atoms with Gasteiger partial charge in [-0.05, 0) is 23.1 Å². The van der Waals surface area contributed by atoms with Crippen LogP contribution in [0.4, 0.5) is 4.79 Å². The molecule has 7 nitrogen and oxygen atoms in total. The van der Waals surface area contributed by atoms with Gasteiger partial charge in [0.05, 0.1) is 0 Å². The van der Waals surface area contributed by atoms with Crippen molar-refractivity contribution in [1.82, 2.24) is 10.2 Å². The van der Waals surface area contributed by atoms with Crippen molar-refractivity contribution in [3.05, 3.63) is 77.9 Å². The molecule has 1 aliphatic rings. The van der Waals surface area contributed by atoms with Crippen molar-refractivity contribution in [3.63, 3.8) is 0 Å². The van der Waals surface area contributed by atoms with Crippen molar-refractivity contribution in [1.29, 1.82) is 0 Å². The fraction of sp³-hybridized carbons (Fsp3) is 0.261. The maximum absolute atomic E-state index is 12.5. The predicted octanol–water partition coefficient (Wildman–Crippen LogP) is 2.13. The molecule has 3 rings (SSSR count). The highest BCUT2D eigenvalue weighted by atomic mass is 16.5. The Morgan fingerprint density at radius 1 is 1.03 bits per heavy atom. The van der Waals surface area contributed by atoms with Crippen LogP contribution in [0.1, 0.15) is 17.5 Å². The molecule has 1 atom stereocenters. The summed E-state index contributed by atoms with van der Waals surface area (Å²) in [6, 6.07) is 17.4. The number of nitrogens with two attached hydrogens (primary N) is 1. The van der Waals surface area contributed by atoms with Crippen LogP contribution in [-0.2, 0) is 20.7 Å². The smallest absolute Gasteiger partial charge is 0.329 e. The number of benzene rings is 2. The van der Waals surface area contributed by atoms with Gasteiger partial charge in [-0.3, -0.25) is 4.79 Å². The summed E-state index contributed by atoms with van der Waals surface area (Å²) < 4.78 is 5.18. The topological polar surface area (TPSA) is 102 Å². The Morgan fingerprint density at radius 2 is 1.70 bits per heavy atom. The van der Waals surface area contributed by atoms with E-state index in [4.69, 9.17) is 10.5 Å². The number of amides is 3. The van der Waals surface area contributed by atoms with Crippen molar-refractivity contribution < 1.29 is 19.1 Å². The molecule has 2 aromatic carbocycles. The minimum Gasteiger partial charge on any atom is -0.454 e. The van der Waals surface area contributed by atoms with E-state index in [1.165, 1.54) is 5.57 Å². The summed E-state index contributed by atoms with van der Waals surface area (Å²) in [5, 5.41) is 2.39. The number of carbonyl (C=O) groups excluding carboxylic acids is 3. The normalized spacial score (nSPS) is 14.4. The molecule has 0 unspecified atom stereocenters. The summed E-state index contributed by atoms with van der Waals surface area (Å²) in [7, 11) is 0. The number of rotatable bonds is 7. The zero-order chi connectivity index (χ0) is 21.3. The first kappa shape index (κ1) is 21.1. The molecule has 0 spiro atoms. The monoisotopic (exact) mass is 407 g/mol. The van der Waals surface area contributed by atoms with E-state index < -0.39 is 18.0 Å². The van der Waals surface area contributed by atoms with Crippen LogP contribution in [0.15, 0.2) is 66.7 Å². The number of hydrogen-bond acceptors (Lipinski definition) is 4. The van der Waals surface area contributed by atoms with Gasteiger partial charge in [0.1, 0.15) is 6.04 Å². The summed E-state index contributed by atoms with van der Waals surface area (Å²) in [6.07, 6.45) is 2.98. The molecule has 0 saturated carbocycles. The van der Waals surface area contributed by atoms with Gasteiger partial charge in [0.15, 0.2) is 6.61 Å². The molecule has 0 saturated heterocycles. The number of nitrogens with zero attached hydrogens (tertiary/aromatic N) is 1. The third-order valence-electron chi connectivity index (χ3n) is 4.93. The molecule has 3 amide bonds. The van der Waals surface area contributed by atoms with E-state index in [0.29, 0.717) is 13.1 Å². The van der Waals surface area contributed by atoms with Crippen LogP contribution < -0.4 is 11.1 Å². The second kappa shape index (κ2) is 10.2. The van der Waals surface area contributed by atoms with Gasteiger partial charge in [0.25, 0.3) is 5.91 Å². The lowest BCUT2D eigenvalue weighted by Crippen LogP contribution is -2.47. The van der Waals surface area contributed by atoms with Crippen LogP contribution in [0.25, 0.3) is 5.57 Å². The molecular formula is C23H25N3O4. The van der Waals surface area contributed by atoms with Gasteiger partial charge in [-0.1, -0.05) is 66.7 Å². The van der Waals surface area contributed by atoms with Gasteiger partial charge >= 0.3 is 12.0 Å².